The average Bonchev–Trinajstić information content (AvgIpc) is 3.17. The molecule has 0 radical (unpaired) electrons. The van der Waals surface area contributed by atoms with E-state index in [4.69, 9.17) is 0 Å². The molecular weight excluding hydrogens is 352 g/mol. The first kappa shape index (κ1) is 19.7. The summed E-state index contributed by atoms with van der Waals surface area (Å²) >= 11 is 1.45. The van der Waals surface area contributed by atoms with E-state index in [1.807, 2.05) is 35.7 Å². The van der Waals surface area contributed by atoms with Gasteiger partial charge < -0.3 is 15.3 Å². The molecule has 0 aliphatic rings. The third kappa shape index (κ3) is 5.70. The van der Waals surface area contributed by atoms with Crippen LogP contribution < -0.4 is 5.32 Å². The van der Waals surface area contributed by atoms with Gasteiger partial charge in [0.2, 0.25) is 5.91 Å². The maximum atomic E-state index is 12.3. The molecule has 1 unspecified atom stereocenters. The highest BCUT2D eigenvalue weighted by molar-refractivity contribution is 7.08. The van der Waals surface area contributed by atoms with Gasteiger partial charge in [0.15, 0.2) is 0 Å². The van der Waals surface area contributed by atoms with Gasteiger partial charge >= 0.3 is 5.97 Å². The lowest BCUT2D eigenvalue weighted by molar-refractivity contribution is -0.149. The summed E-state index contributed by atoms with van der Waals surface area (Å²) in [4.78, 5) is 36.9. The van der Waals surface area contributed by atoms with E-state index in [1.165, 1.54) is 23.3 Å². The molecule has 1 aromatic heterocycles. The van der Waals surface area contributed by atoms with Crippen LogP contribution in [0.15, 0.2) is 47.2 Å². The largest absolute Gasteiger partial charge is 0.480 e. The van der Waals surface area contributed by atoms with Gasteiger partial charge in [0.05, 0.1) is 0 Å². The van der Waals surface area contributed by atoms with E-state index in [0.717, 1.165) is 5.56 Å². The number of hydrogen-bond acceptors (Lipinski definition) is 4. The number of amides is 2. The maximum Gasteiger partial charge on any atom is 0.326 e. The fourth-order valence-electron chi connectivity index (χ4n) is 2.51. The number of nitrogens with one attached hydrogen (secondary N) is 1. The topological polar surface area (TPSA) is 86.7 Å². The Morgan fingerprint density at radius 1 is 1.19 bits per heavy atom. The average molecular weight is 374 g/mol. The van der Waals surface area contributed by atoms with Gasteiger partial charge in [-0.3, -0.25) is 9.59 Å². The highest BCUT2D eigenvalue weighted by Crippen LogP contribution is 2.10. The quantitative estimate of drug-likeness (QED) is 0.660. The summed E-state index contributed by atoms with van der Waals surface area (Å²) in [7, 11) is 1.51. The van der Waals surface area contributed by atoms with Crippen LogP contribution >= 0.6 is 11.3 Å². The van der Waals surface area contributed by atoms with E-state index in [9.17, 15) is 19.5 Å². The molecule has 1 aromatic carbocycles. The molecule has 0 saturated heterocycles. The van der Waals surface area contributed by atoms with Crippen molar-refractivity contribution in [1.82, 2.24) is 10.2 Å². The molecule has 1 heterocycles. The fraction of sp³-hybridized carbons (Fsp3) is 0.316. The van der Waals surface area contributed by atoms with Gasteiger partial charge in [0, 0.05) is 37.4 Å². The van der Waals surface area contributed by atoms with E-state index in [-0.39, 0.29) is 24.7 Å². The molecule has 0 fully saturated rings. The molecule has 1 atom stereocenters. The normalized spacial score (nSPS) is 11.6. The zero-order valence-electron chi connectivity index (χ0n) is 14.6. The Morgan fingerprint density at radius 2 is 1.92 bits per heavy atom. The van der Waals surface area contributed by atoms with Crippen LogP contribution in [0.4, 0.5) is 0 Å². The van der Waals surface area contributed by atoms with Crippen LogP contribution in [0, 0.1) is 0 Å². The molecule has 2 N–H and O–H groups in total. The predicted octanol–water partition coefficient (Wildman–Crippen LogP) is 2.41. The van der Waals surface area contributed by atoms with Crippen molar-refractivity contribution in [3.63, 3.8) is 0 Å². The lowest BCUT2D eigenvalue weighted by Crippen LogP contribution is -2.44. The zero-order valence-corrected chi connectivity index (χ0v) is 15.4. The Bertz CT molecular complexity index is 731. The van der Waals surface area contributed by atoms with Gasteiger partial charge in [-0.2, -0.15) is 11.3 Å². The van der Waals surface area contributed by atoms with Gasteiger partial charge in [-0.15, -0.1) is 0 Å². The monoisotopic (exact) mass is 374 g/mol. The van der Waals surface area contributed by atoms with Gasteiger partial charge in [0.25, 0.3) is 5.91 Å². The van der Waals surface area contributed by atoms with Crippen LogP contribution in [-0.4, -0.2) is 47.4 Å². The minimum atomic E-state index is -1.03. The van der Waals surface area contributed by atoms with E-state index >= 15 is 0 Å². The number of likely N-dealkylation sites (N-methyl/N-ethyl adjacent to an activating group) is 1. The second-order valence-corrected chi connectivity index (χ2v) is 6.70. The summed E-state index contributed by atoms with van der Waals surface area (Å²) in [6, 6.07) is 10.0. The van der Waals surface area contributed by atoms with Gasteiger partial charge in [-0.05, 0) is 23.4 Å². The van der Waals surface area contributed by atoms with Crippen LogP contribution in [0.25, 0.3) is 0 Å². The summed E-state index contributed by atoms with van der Waals surface area (Å²) < 4.78 is 0. The van der Waals surface area contributed by atoms with Crippen molar-refractivity contribution in [3.05, 3.63) is 58.3 Å². The molecule has 138 valence electrons. The number of aliphatic carboxylic acids is 1. The van der Waals surface area contributed by atoms with Gasteiger partial charge in [0.1, 0.15) is 6.04 Å². The minimum absolute atomic E-state index is 0.167. The van der Waals surface area contributed by atoms with Crippen LogP contribution in [0.3, 0.4) is 0 Å². The first-order valence-corrected chi connectivity index (χ1v) is 9.26. The summed E-state index contributed by atoms with van der Waals surface area (Å²) in [6.07, 6.45) is 0.892. The highest BCUT2D eigenvalue weighted by Gasteiger charge is 2.26. The Morgan fingerprint density at radius 3 is 2.54 bits per heavy atom. The van der Waals surface area contributed by atoms with Crippen molar-refractivity contribution in [2.24, 2.45) is 0 Å². The fourth-order valence-corrected chi connectivity index (χ4v) is 3.15. The van der Waals surface area contributed by atoms with Crippen molar-refractivity contribution < 1.29 is 19.5 Å². The second kappa shape index (κ2) is 9.72. The van der Waals surface area contributed by atoms with E-state index in [1.54, 1.807) is 11.4 Å². The second-order valence-electron chi connectivity index (χ2n) is 5.92. The number of carboxylic acid groups (broad SMARTS) is 1. The molecule has 2 amide bonds. The number of rotatable bonds is 9. The third-order valence-corrected chi connectivity index (χ3v) is 4.74. The first-order chi connectivity index (χ1) is 12.5. The molecule has 6 nitrogen and oxygen atoms in total. The summed E-state index contributed by atoms with van der Waals surface area (Å²) in [5, 5.41) is 15.8. The lowest BCUT2D eigenvalue weighted by atomic mass is 10.0. The predicted molar refractivity (Wildman–Crippen MR) is 100 cm³/mol. The van der Waals surface area contributed by atoms with E-state index < -0.39 is 12.0 Å². The third-order valence-electron chi connectivity index (χ3n) is 4.05. The van der Waals surface area contributed by atoms with Crippen molar-refractivity contribution >= 4 is 29.1 Å². The number of carboxylic acids is 1. The molecule has 26 heavy (non-hydrogen) atoms. The number of carbonyl (C=O) groups excluding carboxylic acids is 2. The number of thiophene rings is 1. The molecule has 0 aliphatic heterocycles. The number of nitrogens with zero attached hydrogens (tertiary/aromatic N) is 1. The van der Waals surface area contributed by atoms with Crippen molar-refractivity contribution in [1.29, 1.82) is 0 Å². The Labute approximate surface area is 156 Å². The lowest BCUT2D eigenvalue weighted by Gasteiger charge is -2.25. The van der Waals surface area contributed by atoms with Crippen LogP contribution in [0.5, 0.6) is 0 Å². The molecule has 2 aromatic rings. The van der Waals surface area contributed by atoms with Crippen LogP contribution in [0.1, 0.15) is 28.8 Å². The SMILES string of the molecule is CN(C(=O)CCCNC(=O)c1ccsc1)C(Cc1ccccc1)C(=O)O. The zero-order chi connectivity index (χ0) is 18.9. The first-order valence-electron chi connectivity index (χ1n) is 8.32. The molecule has 0 saturated carbocycles. The number of benzene rings is 1. The smallest absolute Gasteiger partial charge is 0.326 e. The molecule has 0 aliphatic carbocycles. The van der Waals surface area contributed by atoms with Crippen molar-refractivity contribution in [3.8, 4) is 0 Å². The summed E-state index contributed by atoms with van der Waals surface area (Å²) in [6.45, 7) is 0.366. The Balaban J connectivity index is 1.80. The van der Waals surface area contributed by atoms with E-state index in [0.29, 0.717) is 18.5 Å². The Hall–Kier alpha value is -2.67. The number of carbonyl (C=O) groups is 3. The molecule has 0 spiro atoms. The Kier molecular flexibility index (Phi) is 7.35. The van der Waals surface area contributed by atoms with Crippen molar-refractivity contribution in [2.45, 2.75) is 25.3 Å². The molecular formula is C19H22N2O4S. The van der Waals surface area contributed by atoms with Gasteiger partial charge in [-0.1, -0.05) is 30.3 Å². The van der Waals surface area contributed by atoms with Crippen molar-refractivity contribution in [2.75, 3.05) is 13.6 Å². The maximum absolute atomic E-state index is 12.3. The standard InChI is InChI=1S/C19H22N2O4S/c1-21(16(19(24)25)12-14-6-3-2-4-7-14)17(22)8-5-10-20-18(23)15-9-11-26-13-15/h2-4,6-7,9,11,13,16H,5,8,10,12H2,1H3,(H,20,23)(H,24,25). The minimum Gasteiger partial charge on any atom is -0.480 e. The highest BCUT2D eigenvalue weighted by atomic mass is 32.1. The molecule has 7 heteroatoms. The van der Waals surface area contributed by atoms with Crippen LogP contribution in [0.2, 0.25) is 0 Å². The molecule has 2 rings (SSSR count). The van der Waals surface area contributed by atoms with E-state index in [2.05, 4.69) is 5.32 Å². The molecule has 0 bridgehead atoms. The summed E-state index contributed by atoms with van der Waals surface area (Å²) in [5.41, 5.74) is 1.47. The van der Waals surface area contributed by atoms with Gasteiger partial charge in [-0.25, -0.2) is 4.79 Å². The van der Waals surface area contributed by atoms with Crippen LogP contribution in [-0.2, 0) is 16.0 Å². The number of hydrogen-bond donors (Lipinski definition) is 2. The summed E-state index contributed by atoms with van der Waals surface area (Å²) in [5.74, 6) is -1.45.